The molecule has 0 atom stereocenters. The Bertz CT molecular complexity index is 1300. The minimum Gasteiger partial charge on any atom is -0.493 e. The SMILES string of the molecule is Cc1ccc(-n2c(O)c(C=Nc3c[nH]c(=O)[nH]c3=O)c(=O)[nH]c2=O)cc1Cl. The summed E-state index contributed by atoms with van der Waals surface area (Å²) >= 11 is 6.05. The quantitative estimate of drug-likeness (QED) is 0.475. The van der Waals surface area contributed by atoms with E-state index in [1.54, 1.807) is 13.0 Å². The molecule has 0 bridgehead atoms. The summed E-state index contributed by atoms with van der Waals surface area (Å²) in [7, 11) is 0. The Morgan fingerprint density at radius 1 is 1.15 bits per heavy atom. The number of aliphatic imine (C=N–C) groups is 1. The third-order valence-electron chi connectivity index (χ3n) is 3.67. The van der Waals surface area contributed by atoms with Crippen LogP contribution in [0.15, 0.2) is 48.6 Å². The van der Waals surface area contributed by atoms with Gasteiger partial charge in [-0.05, 0) is 24.6 Å². The van der Waals surface area contributed by atoms with Crippen LogP contribution in [0.2, 0.25) is 5.02 Å². The predicted molar refractivity (Wildman–Crippen MR) is 99.0 cm³/mol. The first-order valence-corrected chi connectivity index (χ1v) is 7.86. The molecule has 0 amide bonds. The smallest absolute Gasteiger partial charge is 0.335 e. The van der Waals surface area contributed by atoms with Crippen molar-refractivity contribution in [2.24, 2.45) is 4.99 Å². The third-order valence-corrected chi connectivity index (χ3v) is 4.07. The van der Waals surface area contributed by atoms with Crippen molar-refractivity contribution < 1.29 is 5.11 Å². The lowest BCUT2D eigenvalue weighted by Crippen LogP contribution is -2.31. The van der Waals surface area contributed by atoms with Crippen LogP contribution in [0.4, 0.5) is 5.69 Å². The second-order valence-electron chi connectivity index (χ2n) is 5.48. The van der Waals surface area contributed by atoms with Crippen molar-refractivity contribution in [3.63, 3.8) is 0 Å². The second-order valence-corrected chi connectivity index (χ2v) is 5.89. The van der Waals surface area contributed by atoms with E-state index in [4.69, 9.17) is 11.6 Å². The molecule has 27 heavy (non-hydrogen) atoms. The molecule has 4 N–H and O–H groups in total. The minimum atomic E-state index is -0.906. The van der Waals surface area contributed by atoms with Crippen molar-refractivity contribution in [3.8, 4) is 11.6 Å². The van der Waals surface area contributed by atoms with Gasteiger partial charge in [-0.2, -0.15) is 0 Å². The number of nitrogens with zero attached hydrogens (tertiary/aromatic N) is 2. The zero-order valence-electron chi connectivity index (χ0n) is 13.7. The van der Waals surface area contributed by atoms with E-state index in [1.165, 1.54) is 12.1 Å². The maximum absolute atomic E-state index is 12.1. The van der Waals surface area contributed by atoms with Gasteiger partial charge in [0.25, 0.3) is 11.1 Å². The fourth-order valence-corrected chi connectivity index (χ4v) is 2.42. The zero-order valence-corrected chi connectivity index (χ0v) is 14.5. The van der Waals surface area contributed by atoms with Crippen molar-refractivity contribution in [1.29, 1.82) is 0 Å². The summed E-state index contributed by atoms with van der Waals surface area (Å²) in [4.78, 5) is 56.8. The fraction of sp³-hybridized carbons (Fsp3) is 0.0625. The molecular formula is C16H12ClN5O5. The number of rotatable bonds is 3. The summed E-state index contributed by atoms with van der Waals surface area (Å²) in [5.41, 5.74) is -2.87. The molecule has 10 nitrogen and oxygen atoms in total. The molecule has 3 rings (SSSR count). The maximum Gasteiger partial charge on any atom is 0.335 e. The average molecular weight is 390 g/mol. The number of aromatic hydroxyl groups is 1. The van der Waals surface area contributed by atoms with E-state index >= 15 is 0 Å². The molecule has 0 spiro atoms. The summed E-state index contributed by atoms with van der Waals surface area (Å²) in [6.45, 7) is 1.77. The molecule has 138 valence electrons. The molecule has 0 saturated heterocycles. The highest BCUT2D eigenvalue weighted by Crippen LogP contribution is 2.21. The standard InChI is InChI=1S/C16H12ClN5O5/c1-7-2-3-8(4-10(7)17)22-14(25)9(12(23)21-16(22)27)5-18-11-6-19-15(26)20-13(11)24/h2-6,25H,1H3,(H,21,23,27)(H2,19,20,24,26). The number of aromatic amines is 3. The molecule has 1 aromatic carbocycles. The highest BCUT2D eigenvalue weighted by Gasteiger charge is 2.15. The van der Waals surface area contributed by atoms with Gasteiger partial charge in [-0.25, -0.2) is 19.1 Å². The number of nitrogens with one attached hydrogen (secondary N) is 3. The van der Waals surface area contributed by atoms with E-state index in [2.05, 4.69) is 15.0 Å². The van der Waals surface area contributed by atoms with Gasteiger partial charge >= 0.3 is 11.4 Å². The van der Waals surface area contributed by atoms with Gasteiger partial charge in [0.2, 0.25) is 5.88 Å². The Hall–Kier alpha value is -3.66. The number of aromatic nitrogens is 4. The van der Waals surface area contributed by atoms with Crippen LogP contribution in [-0.2, 0) is 0 Å². The first kappa shape index (κ1) is 18.1. The van der Waals surface area contributed by atoms with Crippen LogP contribution in [0.3, 0.4) is 0 Å². The van der Waals surface area contributed by atoms with Gasteiger partial charge in [0.05, 0.1) is 5.69 Å². The summed E-state index contributed by atoms with van der Waals surface area (Å²) in [5, 5.41) is 10.8. The lowest BCUT2D eigenvalue weighted by molar-refractivity contribution is 0.430. The summed E-state index contributed by atoms with van der Waals surface area (Å²) in [5.74, 6) is -0.687. The molecule has 0 aliphatic rings. The molecule has 2 heterocycles. The van der Waals surface area contributed by atoms with Crippen molar-refractivity contribution in [2.45, 2.75) is 6.92 Å². The van der Waals surface area contributed by atoms with Crippen molar-refractivity contribution in [2.75, 3.05) is 0 Å². The highest BCUT2D eigenvalue weighted by atomic mass is 35.5. The van der Waals surface area contributed by atoms with Crippen LogP contribution in [0, 0.1) is 6.92 Å². The van der Waals surface area contributed by atoms with E-state index < -0.39 is 28.4 Å². The van der Waals surface area contributed by atoms with E-state index in [-0.39, 0.29) is 16.9 Å². The van der Waals surface area contributed by atoms with Crippen LogP contribution in [-0.4, -0.2) is 30.8 Å². The minimum absolute atomic E-state index is 0.204. The monoisotopic (exact) mass is 389 g/mol. The molecule has 0 radical (unpaired) electrons. The Morgan fingerprint density at radius 2 is 1.89 bits per heavy atom. The van der Waals surface area contributed by atoms with Crippen LogP contribution in [0.25, 0.3) is 5.69 Å². The van der Waals surface area contributed by atoms with Gasteiger partial charge < -0.3 is 10.1 Å². The Morgan fingerprint density at radius 3 is 2.56 bits per heavy atom. The highest BCUT2D eigenvalue weighted by molar-refractivity contribution is 6.31. The fourth-order valence-electron chi connectivity index (χ4n) is 2.25. The molecule has 0 aliphatic heterocycles. The van der Waals surface area contributed by atoms with E-state index in [1.807, 2.05) is 4.98 Å². The van der Waals surface area contributed by atoms with Crippen molar-refractivity contribution in [1.82, 2.24) is 19.5 Å². The normalized spacial score (nSPS) is 11.2. The van der Waals surface area contributed by atoms with Gasteiger partial charge in [-0.15, -0.1) is 0 Å². The molecule has 0 unspecified atom stereocenters. The van der Waals surface area contributed by atoms with Crippen LogP contribution in [0.1, 0.15) is 11.1 Å². The summed E-state index contributed by atoms with van der Waals surface area (Å²) in [6.07, 6.45) is 1.95. The first-order chi connectivity index (χ1) is 12.8. The maximum atomic E-state index is 12.1. The van der Waals surface area contributed by atoms with Gasteiger partial charge in [0.15, 0.2) is 0 Å². The molecule has 0 fully saturated rings. The Kier molecular flexibility index (Phi) is 4.65. The largest absolute Gasteiger partial charge is 0.493 e. The average Bonchev–Trinajstić information content (AvgIpc) is 2.59. The molecule has 11 heteroatoms. The van der Waals surface area contributed by atoms with Gasteiger partial charge in [0.1, 0.15) is 11.3 Å². The molecule has 3 aromatic rings. The number of benzene rings is 1. The van der Waals surface area contributed by atoms with Crippen molar-refractivity contribution >= 4 is 23.5 Å². The number of hydrogen-bond acceptors (Lipinski definition) is 6. The Labute approximate surface area is 154 Å². The molecule has 0 saturated carbocycles. The summed E-state index contributed by atoms with van der Waals surface area (Å²) < 4.78 is 0.838. The molecule has 2 aromatic heterocycles. The topological polar surface area (TPSA) is 153 Å². The van der Waals surface area contributed by atoms with E-state index in [0.29, 0.717) is 5.02 Å². The lowest BCUT2D eigenvalue weighted by Gasteiger charge is -2.10. The van der Waals surface area contributed by atoms with Gasteiger partial charge in [-0.3, -0.25) is 19.6 Å². The van der Waals surface area contributed by atoms with Gasteiger partial charge in [0, 0.05) is 17.4 Å². The molecular weight excluding hydrogens is 378 g/mol. The Balaban J connectivity index is 2.17. The number of H-pyrrole nitrogens is 3. The van der Waals surface area contributed by atoms with Crippen molar-refractivity contribution in [3.05, 3.63) is 82.2 Å². The summed E-state index contributed by atoms with van der Waals surface area (Å²) in [6, 6.07) is 4.63. The molecule has 0 aliphatic carbocycles. The number of hydrogen-bond donors (Lipinski definition) is 4. The first-order valence-electron chi connectivity index (χ1n) is 7.49. The zero-order chi connectivity index (χ0) is 19.7. The third kappa shape index (κ3) is 3.51. The van der Waals surface area contributed by atoms with Crippen LogP contribution in [0.5, 0.6) is 5.88 Å². The van der Waals surface area contributed by atoms with E-state index in [0.717, 1.165) is 22.5 Å². The van der Waals surface area contributed by atoms with Crippen LogP contribution < -0.4 is 22.5 Å². The van der Waals surface area contributed by atoms with E-state index in [9.17, 15) is 24.3 Å². The predicted octanol–water partition coefficient (Wildman–Crippen LogP) is 0.320. The lowest BCUT2D eigenvalue weighted by atomic mass is 10.2. The van der Waals surface area contributed by atoms with Crippen LogP contribution >= 0.6 is 11.6 Å². The van der Waals surface area contributed by atoms with Gasteiger partial charge in [-0.1, -0.05) is 17.7 Å². The number of aryl methyl sites for hydroxylation is 1. The number of halogens is 1. The second kappa shape index (κ2) is 6.92.